The normalized spacial score (nSPS) is 0. The summed E-state index contributed by atoms with van der Waals surface area (Å²) in [5.74, 6) is 0. The summed E-state index contributed by atoms with van der Waals surface area (Å²) in [5.41, 5.74) is 0. The summed E-state index contributed by atoms with van der Waals surface area (Å²) < 4.78 is 0. The molecule has 0 aromatic carbocycles. The molecule has 8 heavy (non-hydrogen) atoms. The smallest absolute Gasteiger partial charge is 1.00 e. The second-order valence-corrected chi connectivity index (χ2v) is 0. The molecule has 0 amide bonds. The molecule has 0 bridgehead atoms. The van der Waals surface area contributed by atoms with Crippen LogP contribution < -0.4 is 18.9 Å². The van der Waals surface area contributed by atoms with Crippen molar-refractivity contribution in [2.45, 2.75) is 0 Å². The summed E-state index contributed by atoms with van der Waals surface area (Å²) in [7, 11) is 0. The van der Waals surface area contributed by atoms with E-state index in [4.69, 9.17) is 0 Å². The van der Waals surface area contributed by atoms with Crippen molar-refractivity contribution in [1.29, 1.82) is 0 Å². The van der Waals surface area contributed by atoms with Crippen molar-refractivity contribution in [2.75, 3.05) is 0 Å². The predicted molar refractivity (Wildman–Crippen MR) is 54.5 cm³/mol. The van der Waals surface area contributed by atoms with E-state index >= 15 is 0 Å². The summed E-state index contributed by atoms with van der Waals surface area (Å²) in [6.07, 6.45) is 0. The minimum atomic E-state index is 0. The van der Waals surface area contributed by atoms with Crippen molar-refractivity contribution >= 4 is 91.8 Å². The van der Waals surface area contributed by atoms with Gasteiger partial charge in [0.1, 0.15) is 0 Å². The quantitative estimate of drug-likeness (QED) is 0.461. The van der Waals surface area contributed by atoms with Gasteiger partial charge in [-0.15, -0.1) is 74.4 Å². The molecule has 0 aromatic rings. The van der Waals surface area contributed by atoms with Crippen molar-refractivity contribution < 1.29 is 20.3 Å². The van der Waals surface area contributed by atoms with Gasteiger partial charge in [-0.3, -0.25) is 0 Å². The molecule has 0 atom stereocenters. The molecule has 0 aliphatic carbocycles. The first-order chi connectivity index (χ1) is 0. The molecule has 0 nitrogen and oxygen atoms in total. The van der Waals surface area contributed by atoms with Gasteiger partial charge in [-0.25, -0.2) is 0 Å². The molecule has 0 unspecified atom stereocenters. The summed E-state index contributed by atoms with van der Waals surface area (Å²) in [5, 5.41) is 0. The van der Waals surface area contributed by atoms with Crippen molar-refractivity contribution in [3.05, 3.63) is 0 Å². The first-order valence-corrected chi connectivity index (χ1v) is 0. The number of hydrogen-bond acceptors (Lipinski definition) is 0. The van der Waals surface area contributed by atoms with Crippen LogP contribution in [0.25, 0.3) is 0 Å². The Morgan fingerprint density at radius 1 is 0.500 bits per heavy atom. The third-order valence-electron chi connectivity index (χ3n) is 0. The maximum atomic E-state index is 0. The van der Waals surface area contributed by atoms with Gasteiger partial charge in [0.25, 0.3) is 0 Å². The zero-order valence-electron chi connectivity index (χ0n) is 4.45. The second-order valence-electron chi connectivity index (χ2n) is 0. The van der Waals surface area contributed by atoms with Crippen LogP contribution >= 0.6 is 74.4 Å². The SMILES string of the molecule is Cl.Cl.Cl.Cl.Cl.Cl.[AlH3].[H-].[Li+]. The summed E-state index contributed by atoms with van der Waals surface area (Å²) >= 11 is 0. The van der Waals surface area contributed by atoms with Crippen LogP contribution in [0.5, 0.6) is 0 Å². The van der Waals surface area contributed by atoms with Crippen LogP contribution in [-0.4, -0.2) is 17.4 Å². The van der Waals surface area contributed by atoms with Crippen LogP contribution in [0.1, 0.15) is 1.43 Å². The second kappa shape index (κ2) is 94.3. The van der Waals surface area contributed by atoms with Crippen molar-refractivity contribution in [3.63, 3.8) is 0 Å². The topological polar surface area (TPSA) is 0 Å². The third-order valence-corrected chi connectivity index (χ3v) is 0. The molecule has 0 aliphatic heterocycles. The van der Waals surface area contributed by atoms with Gasteiger partial charge in [-0.2, -0.15) is 0 Å². The fraction of sp³-hybridized carbons (Fsp3) is 0. The van der Waals surface area contributed by atoms with Crippen molar-refractivity contribution in [2.24, 2.45) is 0 Å². The number of hydrogen-bond donors (Lipinski definition) is 0. The largest absolute Gasteiger partial charge is 1.00 e. The minimum Gasteiger partial charge on any atom is -1.00 e. The van der Waals surface area contributed by atoms with Gasteiger partial charge < -0.3 is 1.43 Å². The van der Waals surface area contributed by atoms with E-state index in [9.17, 15) is 0 Å². The van der Waals surface area contributed by atoms with Crippen LogP contribution in [-0.2, 0) is 0 Å². The van der Waals surface area contributed by atoms with Gasteiger partial charge in [-0.1, -0.05) is 0 Å². The first-order valence-electron chi connectivity index (χ1n) is 0. The standard InChI is InChI=1S/Al.6ClH.Li.4H/h;6*1H;;;;;/q;;;;;;;+1;;;;-1. The first kappa shape index (κ1) is 129. The molecule has 0 radical (unpaired) electrons. The number of rotatable bonds is 0. The zero-order valence-corrected chi connectivity index (χ0v) is 8.35. The zero-order chi connectivity index (χ0) is 0. The molecule has 0 fully saturated rings. The molecule has 0 rings (SSSR count). The fourth-order valence-electron chi connectivity index (χ4n) is 0. The van der Waals surface area contributed by atoms with Gasteiger partial charge in [0.15, 0.2) is 17.4 Å². The van der Waals surface area contributed by atoms with Gasteiger partial charge in [0, 0.05) is 0 Å². The van der Waals surface area contributed by atoms with Crippen molar-refractivity contribution in [3.8, 4) is 0 Å². The third kappa shape index (κ3) is 66.7. The maximum absolute atomic E-state index is 0. The molecule has 56 valence electrons. The van der Waals surface area contributed by atoms with Crippen LogP contribution in [0.3, 0.4) is 0 Å². The van der Waals surface area contributed by atoms with Gasteiger partial charge in [-0.05, 0) is 0 Å². The van der Waals surface area contributed by atoms with E-state index in [-0.39, 0.29) is 112 Å². The number of halogens is 6. The molecule has 0 aliphatic rings. The van der Waals surface area contributed by atoms with Crippen LogP contribution in [0.4, 0.5) is 0 Å². The summed E-state index contributed by atoms with van der Waals surface area (Å²) in [6.45, 7) is 0. The van der Waals surface area contributed by atoms with E-state index in [2.05, 4.69) is 0 Å². The van der Waals surface area contributed by atoms with E-state index in [0.717, 1.165) is 0 Å². The van der Waals surface area contributed by atoms with Crippen LogP contribution in [0.15, 0.2) is 0 Å². The molecule has 0 heterocycles. The Bertz CT molecular complexity index is 13.0. The van der Waals surface area contributed by atoms with Crippen LogP contribution in [0.2, 0.25) is 0 Å². The Labute approximate surface area is 111 Å². The molecule has 0 aromatic heterocycles. The van der Waals surface area contributed by atoms with Crippen LogP contribution in [0, 0.1) is 0 Å². The fourth-order valence-corrected chi connectivity index (χ4v) is 0. The Balaban J connectivity index is 0. The summed E-state index contributed by atoms with van der Waals surface area (Å²) in [4.78, 5) is 0. The Hall–Kier alpha value is 2.87. The maximum Gasteiger partial charge on any atom is 1.00 e. The molecule has 0 N–H and O–H groups in total. The molecule has 0 saturated heterocycles. The predicted octanol–water partition coefficient (Wildman–Crippen LogP) is -1.54. The average Bonchev–Trinajstić information content (AvgIpc) is 0. The minimum absolute atomic E-state index is 0. The van der Waals surface area contributed by atoms with E-state index in [1.54, 1.807) is 0 Å². The Kier molecular flexibility index (Phi) is 1520. The molecule has 0 saturated carbocycles. The van der Waals surface area contributed by atoms with Gasteiger partial charge in [0.2, 0.25) is 0 Å². The van der Waals surface area contributed by atoms with E-state index < -0.39 is 0 Å². The Morgan fingerprint density at radius 2 is 0.500 bits per heavy atom. The monoisotopic (exact) mass is 254 g/mol. The molecule has 0 spiro atoms. The average molecular weight is 257 g/mol. The van der Waals surface area contributed by atoms with Gasteiger partial charge in [0.05, 0.1) is 0 Å². The van der Waals surface area contributed by atoms with E-state index in [0.29, 0.717) is 0 Å². The molecule has 8 heteroatoms. The van der Waals surface area contributed by atoms with E-state index in [1.165, 1.54) is 0 Å². The summed E-state index contributed by atoms with van der Waals surface area (Å²) in [6, 6.07) is 0. The molecular formula is H10AlCl6Li. The molecular weight excluding hydrogens is 247 g/mol. The Morgan fingerprint density at radius 3 is 0.500 bits per heavy atom. The van der Waals surface area contributed by atoms with E-state index in [1.807, 2.05) is 0 Å². The van der Waals surface area contributed by atoms with Crippen molar-refractivity contribution in [1.82, 2.24) is 0 Å². The van der Waals surface area contributed by atoms with Gasteiger partial charge >= 0.3 is 18.9 Å².